The van der Waals surface area contributed by atoms with Gasteiger partial charge in [0.05, 0.1) is 12.7 Å². The molecule has 6 nitrogen and oxygen atoms in total. The highest BCUT2D eigenvalue weighted by molar-refractivity contribution is 14.1. The van der Waals surface area contributed by atoms with E-state index in [4.69, 9.17) is 4.74 Å². The van der Waals surface area contributed by atoms with Crippen molar-refractivity contribution in [3.05, 3.63) is 56.2 Å². The molecular weight excluding hydrogens is 500 g/mol. The van der Waals surface area contributed by atoms with Crippen molar-refractivity contribution in [2.24, 2.45) is 5.10 Å². The molecule has 4 rings (SSSR count). The summed E-state index contributed by atoms with van der Waals surface area (Å²) < 4.78 is 44.1. The van der Waals surface area contributed by atoms with Gasteiger partial charge in [0, 0.05) is 21.4 Å². The van der Waals surface area contributed by atoms with Crippen LogP contribution in [0.1, 0.15) is 27.0 Å². The van der Waals surface area contributed by atoms with Crippen LogP contribution in [-0.4, -0.2) is 36.7 Å². The van der Waals surface area contributed by atoms with Crippen molar-refractivity contribution in [2.75, 3.05) is 19.0 Å². The fourth-order valence-corrected chi connectivity index (χ4v) is 4.04. The van der Waals surface area contributed by atoms with Crippen molar-refractivity contribution in [2.45, 2.75) is 19.3 Å². The molecule has 2 aliphatic rings. The van der Waals surface area contributed by atoms with Crippen molar-refractivity contribution < 1.29 is 22.7 Å². The van der Waals surface area contributed by atoms with E-state index in [2.05, 4.69) is 15.7 Å². The number of rotatable bonds is 4. The maximum atomic E-state index is 12.9. The summed E-state index contributed by atoms with van der Waals surface area (Å²) in [5.41, 5.74) is 3.44. The predicted molar refractivity (Wildman–Crippen MR) is 110 cm³/mol. The van der Waals surface area contributed by atoms with Crippen LogP contribution in [0, 0.1) is 3.57 Å². The molecule has 152 valence electrons. The predicted octanol–water partition coefficient (Wildman–Crippen LogP) is 3.69. The van der Waals surface area contributed by atoms with Gasteiger partial charge in [-0.15, -0.1) is 23.3 Å². The second-order valence-corrected chi connectivity index (χ2v) is 7.72. The average molecular weight is 516 g/mol. The van der Waals surface area contributed by atoms with Crippen LogP contribution in [0.5, 0.6) is 5.75 Å². The molecule has 0 bridgehead atoms. The molecule has 0 saturated heterocycles. The molecule has 29 heavy (non-hydrogen) atoms. The van der Waals surface area contributed by atoms with Gasteiger partial charge in [0.25, 0.3) is 5.91 Å². The van der Waals surface area contributed by atoms with Gasteiger partial charge in [-0.25, -0.2) is 0 Å². The largest absolute Gasteiger partial charge is 0.506 e. The monoisotopic (exact) mass is 516 g/mol. The Hall–Kier alpha value is -2.34. The number of methoxy groups -OCH3 is 1. The molecule has 0 aliphatic carbocycles. The molecule has 2 aromatic carbocycles. The number of anilines is 1. The van der Waals surface area contributed by atoms with Gasteiger partial charge in [0.15, 0.2) is 5.84 Å². The quantitative estimate of drug-likeness (QED) is 0.481. The van der Waals surface area contributed by atoms with E-state index in [0.717, 1.165) is 36.3 Å². The number of nitrogens with one attached hydrogen (secondary N) is 2. The summed E-state index contributed by atoms with van der Waals surface area (Å²) in [6.07, 6.45) is -3.77. The van der Waals surface area contributed by atoms with Crippen molar-refractivity contribution in [3.63, 3.8) is 0 Å². The maximum absolute atomic E-state index is 12.9. The van der Waals surface area contributed by atoms with Gasteiger partial charge in [-0.2, -0.15) is 0 Å². The zero-order chi connectivity index (χ0) is 20.8. The third-order valence-corrected chi connectivity index (χ3v) is 5.65. The molecule has 0 atom stereocenters. The highest BCUT2D eigenvalue weighted by Crippen LogP contribution is 2.36. The summed E-state index contributed by atoms with van der Waals surface area (Å²) in [5, 5.41) is 9.58. The average Bonchev–Trinajstić information content (AvgIpc) is 3.49. The number of hydrazone groups is 1. The summed E-state index contributed by atoms with van der Waals surface area (Å²) in [4.78, 5) is 12.9. The molecule has 0 aromatic heterocycles. The van der Waals surface area contributed by atoms with Crippen LogP contribution in [0.2, 0.25) is 0 Å². The first kappa shape index (κ1) is 20.0. The van der Waals surface area contributed by atoms with Crippen LogP contribution in [0.4, 0.5) is 18.9 Å². The number of ether oxygens (including phenoxy) is 1. The SMILES string of the molecule is COc1cc(C2=NN2C(F)(F)F)c(I)cc1C(=O)Nc1cccc2c1CCNC2. The number of hydrogen-bond acceptors (Lipinski definition) is 5. The molecule has 0 fully saturated rings. The Morgan fingerprint density at radius 2 is 2.14 bits per heavy atom. The number of carbonyl (C=O) groups excluding carboxylic acids is 1. The Bertz CT molecular complexity index is 1020. The van der Waals surface area contributed by atoms with E-state index in [-0.39, 0.29) is 33.6 Å². The van der Waals surface area contributed by atoms with E-state index in [1.807, 2.05) is 40.8 Å². The van der Waals surface area contributed by atoms with Crippen LogP contribution >= 0.6 is 22.6 Å². The van der Waals surface area contributed by atoms with Gasteiger partial charge in [-0.05, 0) is 64.9 Å². The second-order valence-electron chi connectivity index (χ2n) is 6.56. The number of amidine groups is 1. The number of fused-ring (bicyclic) bond motifs is 1. The minimum atomic E-state index is -4.57. The van der Waals surface area contributed by atoms with Gasteiger partial charge in [-0.3, -0.25) is 4.79 Å². The van der Waals surface area contributed by atoms with Gasteiger partial charge in [0.1, 0.15) is 5.75 Å². The lowest BCUT2D eigenvalue weighted by Crippen LogP contribution is -2.26. The first-order valence-electron chi connectivity index (χ1n) is 8.76. The van der Waals surface area contributed by atoms with E-state index in [9.17, 15) is 18.0 Å². The van der Waals surface area contributed by atoms with Crippen molar-refractivity contribution >= 4 is 40.0 Å². The fourth-order valence-electron chi connectivity index (χ4n) is 3.33. The number of nitrogens with zero attached hydrogens (tertiary/aromatic N) is 2. The molecular formula is C19H16F3IN4O2. The summed E-state index contributed by atoms with van der Waals surface area (Å²) in [6, 6.07) is 8.65. The van der Waals surface area contributed by atoms with Gasteiger partial charge in [-0.1, -0.05) is 12.1 Å². The summed E-state index contributed by atoms with van der Waals surface area (Å²) in [6.45, 7) is 1.57. The van der Waals surface area contributed by atoms with Crippen LogP contribution in [-0.2, 0) is 13.0 Å². The summed E-state index contributed by atoms with van der Waals surface area (Å²) in [5.74, 6) is -0.401. The minimum absolute atomic E-state index is 0.00598. The highest BCUT2D eigenvalue weighted by atomic mass is 127. The lowest BCUT2D eigenvalue weighted by Gasteiger charge is -2.21. The summed E-state index contributed by atoms with van der Waals surface area (Å²) in [7, 11) is 1.37. The smallest absolute Gasteiger partial charge is 0.496 e. The molecule has 0 radical (unpaired) electrons. The van der Waals surface area contributed by atoms with Crippen LogP contribution in [0.15, 0.2) is 35.4 Å². The van der Waals surface area contributed by atoms with E-state index in [1.165, 1.54) is 19.2 Å². The molecule has 2 aliphatic heterocycles. The molecule has 0 spiro atoms. The number of benzene rings is 2. The third-order valence-electron chi connectivity index (χ3n) is 4.76. The topological polar surface area (TPSA) is 65.7 Å². The Balaban J connectivity index is 1.61. The van der Waals surface area contributed by atoms with Gasteiger partial charge in [0.2, 0.25) is 0 Å². The lowest BCUT2D eigenvalue weighted by molar-refractivity contribution is -0.201. The molecule has 2 heterocycles. The number of hydrogen-bond donors (Lipinski definition) is 2. The molecule has 10 heteroatoms. The van der Waals surface area contributed by atoms with E-state index >= 15 is 0 Å². The van der Waals surface area contributed by atoms with Crippen molar-refractivity contribution in [3.8, 4) is 5.75 Å². The zero-order valence-electron chi connectivity index (χ0n) is 15.2. The molecule has 1 amide bonds. The summed E-state index contributed by atoms with van der Waals surface area (Å²) >= 11 is 1.89. The van der Waals surface area contributed by atoms with E-state index in [1.54, 1.807) is 0 Å². The Kier molecular flexibility index (Phi) is 5.15. The maximum Gasteiger partial charge on any atom is 0.506 e. The molecule has 0 saturated carbocycles. The van der Waals surface area contributed by atoms with Gasteiger partial charge >= 0.3 is 6.30 Å². The van der Waals surface area contributed by atoms with Crippen LogP contribution in [0.25, 0.3) is 0 Å². The van der Waals surface area contributed by atoms with Gasteiger partial charge < -0.3 is 15.4 Å². The van der Waals surface area contributed by atoms with Crippen molar-refractivity contribution in [1.29, 1.82) is 0 Å². The Morgan fingerprint density at radius 3 is 2.83 bits per heavy atom. The highest BCUT2D eigenvalue weighted by Gasteiger charge is 2.49. The molecule has 0 unspecified atom stereocenters. The van der Waals surface area contributed by atoms with E-state index < -0.39 is 6.30 Å². The molecule has 2 aromatic rings. The van der Waals surface area contributed by atoms with Crippen LogP contribution < -0.4 is 15.4 Å². The van der Waals surface area contributed by atoms with Crippen LogP contribution in [0.3, 0.4) is 0 Å². The fraction of sp³-hybridized carbons (Fsp3) is 0.263. The zero-order valence-corrected chi connectivity index (χ0v) is 17.4. The third kappa shape index (κ3) is 3.90. The second kappa shape index (κ2) is 7.48. The minimum Gasteiger partial charge on any atom is -0.496 e. The molecule has 2 N–H and O–H groups in total. The number of amides is 1. The number of halogens is 4. The standard InChI is InChI=1S/C19H16F3IN4O2/c1-29-16-8-12(17-26-27(17)19(20,21)22)14(23)7-13(16)18(28)25-15-4-2-3-10-9-24-6-5-11(10)15/h2-4,7-8,24H,5-6,9H2,1H3,(H,25,28). The first-order valence-corrected chi connectivity index (χ1v) is 9.83. The number of alkyl halides is 3. The van der Waals surface area contributed by atoms with E-state index in [0.29, 0.717) is 3.57 Å². The first-order chi connectivity index (χ1) is 13.8. The lowest BCUT2D eigenvalue weighted by atomic mass is 9.99. The Morgan fingerprint density at radius 1 is 1.34 bits per heavy atom. The van der Waals surface area contributed by atoms with Crippen molar-refractivity contribution in [1.82, 2.24) is 10.3 Å². The Labute approximate surface area is 178 Å². The number of carbonyl (C=O) groups is 1. The normalized spacial score (nSPS) is 15.5.